The number of nitrogens with zero attached hydrogens (tertiary/aromatic N) is 1. The number of methoxy groups -OCH3 is 1. The first-order valence-electron chi connectivity index (χ1n) is 3.45. The zero-order valence-corrected chi connectivity index (χ0v) is 6.90. The first-order valence-corrected chi connectivity index (χ1v) is 3.45. The Morgan fingerprint density at radius 2 is 2.17 bits per heavy atom. The lowest BCUT2D eigenvalue weighted by Gasteiger charge is -2.04. The van der Waals surface area contributed by atoms with Crippen molar-refractivity contribution in [2.75, 3.05) is 7.11 Å². The number of rotatable bonds is 2. The Morgan fingerprint density at radius 3 is 2.75 bits per heavy atom. The van der Waals surface area contributed by atoms with Gasteiger partial charge in [-0.3, -0.25) is 4.98 Å². The summed E-state index contributed by atoms with van der Waals surface area (Å²) in [4.78, 5) is 3.52. The summed E-state index contributed by atoms with van der Waals surface area (Å²) in [6, 6.07) is 0. The molecule has 0 unspecified atom stereocenters. The van der Waals surface area contributed by atoms with Gasteiger partial charge in [-0.15, -0.1) is 0 Å². The highest BCUT2D eigenvalue weighted by Gasteiger charge is 2.11. The fourth-order valence-corrected chi connectivity index (χ4v) is 0.888. The van der Waals surface area contributed by atoms with Crippen LogP contribution in [-0.4, -0.2) is 12.1 Å². The molecule has 1 rings (SSSR count). The average molecular weight is 173 g/mol. The number of aryl methyl sites for hydroxylation is 1. The van der Waals surface area contributed by atoms with E-state index in [9.17, 15) is 8.78 Å². The van der Waals surface area contributed by atoms with Gasteiger partial charge >= 0.3 is 0 Å². The number of hydrogen-bond acceptors (Lipinski definition) is 2. The van der Waals surface area contributed by atoms with Crippen LogP contribution in [0.5, 0.6) is 0 Å². The molecule has 0 bridgehead atoms. The number of hydrogen-bond donors (Lipinski definition) is 0. The van der Waals surface area contributed by atoms with Gasteiger partial charge in [0.05, 0.1) is 24.1 Å². The molecule has 66 valence electrons. The van der Waals surface area contributed by atoms with Crippen LogP contribution in [0.1, 0.15) is 11.3 Å². The highest BCUT2D eigenvalue weighted by molar-refractivity contribution is 5.19. The Hall–Kier alpha value is -1.03. The fourth-order valence-electron chi connectivity index (χ4n) is 0.888. The Kier molecular flexibility index (Phi) is 2.70. The van der Waals surface area contributed by atoms with E-state index >= 15 is 0 Å². The molecule has 0 atom stereocenters. The number of halogens is 2. The monoisotopic (exact) mass is 173 g/mol. The maximum absolute atomic E-state index is 13.1. The molecule has 0 radical (unpaired) electrons. The van der Waals surface area contributed by atoms with Crippen molar-refractivity contribution in [2.45, 2.75) is 13.5 Å². The molecule has 1 heterocycles. The summed E-state index contributed by atoms with van der Waals surface area (Å²) in [5, 5.41) is 0. The summed E-state index contributed by atoms with van der Waals surface area (Å²) < 4.78 is 30.5. The smallest absolute Gasteiger partial charge is 0.152 e. The van der Waals surface area contributed by atoms with Crippen molar-refractivity contribution in [3.8, 4) is 0 Å². The molecule has 0 fully saturated rings. The van der Waals surface area contributed by atoms with Crippen LogP contribution >= 0.6 is 0 Å². The van der Waals surface area contributed by atoms with E-state index in [1.165, 1.54) is 14.0 Å². The largest absolute Gasteiger partial charge is 0.380 e. The van der Waals surface area contributed by atoms with Crippen LogP contribution in [0.2, 0.25) is 0 Å². The second-order valence-corrected chi connectivity index (χ2v) is 2.42. The molecular formula is C8H9F2NO. The lowest BCUT2D eigenvalue weighted by Crippen LogP contribution is -2.01. The Labute approximate surface area is 69.2 Å². The minimum atomic E-state index is -0.667. The second kappa shape index (κ2) is 3.58. The van der Waals surface area contributed by atoms with E-state index < -0.39 is 11.6 Å². The van der Waals surface area contributed by atoms with Crippen LogP contribution in [0.4, 0.5) is 8.78 Å². The SMILES string of the molecule is COCc1c(F)cnc(C)c1F. The van der Waals surface area contributed by atoms with E-state index in [0.29, 0.717) is 0 Å². The van der Waals surface area contributed by atoms with Gasteiger partial charge in [0.2, 0.25) is 0 Å². The standard InChI is InChI=1S/C8H9F2NO/c1-5-8(10)6(4-12-2)7(9)3-11-5/h3H,4H2,1-2H3. The molecule has 0 N–H and O–H groups in total. The van der Waals surface area contributed by atoms with Gasteiger partial charge in [0, 0.05) is 7.11 Å². The van der Waals surface area contributed by atoms with E-state index in [2.05, 4.69) is 9.72 Å². The van der Waals surface area contributed by atoms with Gasteiger partial charge in [-0.05, 0) is 6.92 Å². The normalized spacial score (nSPS) is 10.3. The maximum Gasteiger partial charge on any atom is 0.152 e. The quantitative estimate of drug-likeness (QED) is 0.680. The molecule has 0 aliphatic carbocycles. The number of aromatic nitrogens is 1. The predicted octanol–water partition coefficient (Wildman–Crippen LogP) is 1.81. The zero-order valence-electron chi connectivity index (χ0n) is 6.90. The summed E-state index contributed by atoms with van der Waals surface area (Å²) >= 11 is 0. The van der Waals surface area contributed by atoms with Crippen molar-refractivity contribution in [2.24, 2.45) is 0 Å². The molecule has 4 heteroatoms. The predicted molar refractivity (Wildman–Crippen MR) is 39.6 cm³/mol. The van der Waals surface area contributed by atoms with Crippen molar-refractivity contribution in [1.29, 1.82) is 0 Å². The lowest BCUT2D eigenvalue weighted by atomic mass is 10.2. The van der Waals surface area contributed by atoms with Gasteiger partial charge in [-0.2, -0.15) is 0 Å². The van der Waals surface area contributed by atoms with Crippen LogP contribution < -0.4 is 0 Å². The third-order valence-electron chi connectivity index (χ3n) is 1.53. The molecule has 12 heavy (non-hydrogen) atoms. The summed E-state index contributed by atoms with van der Waals surface area (Å²) in [6.45, 7) is 1.41. The van der Waals surface area contributed by atoms with E-state index in [1.54, 1.807) is 0 Å². The first kappa shape index (κ1) is 9.06. The van der Waals surface area contributed by atoms with Crippen molar-refractivity contribution in [1.82, 2.24) is 4.98 Å². The summed E-state index contributed by atoms with van der Waals surface area (Å²) in [6.07, 6.45) is 0.993. The van der Waals surface area contributed by atoms with Crippen molar-refractivity contribution in [3.05, 3.63) is 29.1 Å². The molecule has 0 aliphatic heterocycles. The van der Waals surface area contributed by atoms with Crippen molar-refractivity contribution < 1.29 is 13.5 Å². The molecular weight excluding hydrogens is 164 g/mol. The molecule has 2 nitrogen and oxygen atoms in total. The summed E-state index contributed by atoms with van der Waals surface area (Å²) in [7, 11) is 1.38. The van der Waals surface area contributed by atoms with Gasteiger partial charge in [0.1, 0.15) is 5.82 Å². The topological polar surface area (TPSA) is 22.1 Å². The van der Waals surface area contributed by atoms with Gasteiger partial charge < -0.3 is 4.74 Å². The Balaban J connectivity index is 3.14. The Bertz CT molecular complexity index is 289. The van der Waals surface area contributed by atoms with E-state index in [1.807, 2.05) is 0 Å². The van der Waals surface area contributed by atoms with E-state index in [4.69, 9.17) is 0 Å². The molecule has 0 aliphatic rings. The molecule has 1 aromatic rings. The van der Waals surface area contributed by atoms with Crippen LogP contribution in [0.15, 0.2) is 6.20 Å². The minimum absolute atomic E-state index is 0.0648. The van der Waals surface area contributed by atoms with Gasteiger partial charge in [0.15, 0.2) is 5.82 Å². The first-order chi connectivity index (χ1) is 5.66. The highest BCUT2D eigenvalue weighted by Crippen LogP contribution is 2.14. The van der Waals surface area contributed by atoms with E-state index in [0.717, 1.165) is 6.20 Å². The van der Waals surface area contributed by atoms with Gasteiger partial charge in [0.25, 0.3) is 0 Å². The van der Waals surface area contributed by atoms with Crippen LogP contribution in [0.25, 0.3) is 0 Å². The van der Waals surface area contributed by atoms with Gasteiger partial charge in [-0.1, -0.05) is 0 Å². The number of ether oxygens (including phenoxy) is 1. The molecule has 0 aromatic carbocycles. The van der Waals surface area contributed by atoms with Gasteiger partial charge in [-0.25, -0.2) is 8.78 Å². The number of pyridine rings is 1. The summed E-state index contributed by atoms with van der Waals surface area (Å²) in [5.41, 5.74) is 0.119. The molecule has 0 spiro atoms. The molecule has 0 amide bonds. The Morgan fingerprint density at radius 1 is 1.50 bits per heavy atom. The molecule has 0 saturated heterocycles. The zero-order chi connectivity index (χ0) is 9.14. The van der Waals surface area contributed by atoms with Crippen LogP contribution in [-0.2, 0) is 11.3 Å². The minimum Gasteiger partial charge on any atom is -0.380 e. The van der Waals surface area contributed by atoms with E-state index in [-0.39, 0.29) is 17.9 Å². The third kappa shape index (κ3) is 1.58. The fraction of sp³-hybridized carbons (Fsp3) is 0.375. The lowest BCUT2D eigenvalue weighted by molar-refractivity contribution is 0.177. The summed E-state index contributed by atoms with van der Waals surface area (Å²) in [5.74, 6) is -1.29. The average Bonchev–Trinajstić information content (AvgIpc) is 2.06. The van der Waals surface area contributed by atoms with Crippen molar-refractivity contribution in [3.63, 3.8) is 0 Å². The molecule has 0 saturated carbocycles. The highest BCUT2D eigenvalue weighted by atomic mass is 19.1. The van der Waals surface area contributed by atoms with Crippen LogP contribution in [0.3, 0.4) is 0 Å². The molecule has 1 aromatic heterocycles. The third-order valence-corrected chi connectivity index (χ3v) is 1.53. The maximum atomic E-state index is 13.1. The van der Waals surface area contributed by atoms with Crippen molar-refractivity contribution >= 4 is 0 Å². The van der Waals surface area contributed by atoms with Crippen LogP contribution in [0, 0.1) is 18.6 Å². The second-order valence-electron chi connectivity index (χ2n) is 2.42.